The lowest BCUT2D eigenvalue weighted by Gasteiger charge is -2.51. The molecule has 5 nitrogen and oxygen atoms in total. The number of nitrogens with zero attached hydrogens (tertiary/aromatic N) is 2. The third-order valence-electron chi connectivity index (χ3n) is 8.65. The molecule has 2 aromatic carbocycles. The Morgan fingerprint density at radius 1 is 1.11 bits per heavy atom. The number of phenols is 1. The zero-order chi connectivity index (χ0) is 24.8. The molecule has 2 fully saturated rings. The van der Waals surface area contributed by atoms with Gasteiger partial charge in [-0.2, -0.15) is 0 Å². The van der Waals surface area contributed by atoms with Crippen LogP contribution in [-0.4, -0.2) is 52.6 Å². The molecule has 36 heavy (non-hydrogen) atoms. The predicted octanol–water partition coefficient (Wildman–Crippen LogP) is 5.63. The Morgan fingerprint density at radius 3 is 2.58 bits per heavy atom. The van der Waals surface area contributed by atoms with Crippen LogP contribution in [0.2, 0.25) is 0 Å². The average Bonchev–Trinajstić information content (AvgIpc) is 3.44. The Morgan fingerprint density at radius 2 is 1.89 bits per heavy atom. The summed E-state index contributed by atoms with van der Waals surface area (Å²) in [7, 11) is 0. The number of fused-ring (bicyclic) bond motifs is 1. The van der Waals surface area contributed by atoms with Crippen molar-refractivity contribution in [3.8, 4) is 5.75 Å². The summed E-state index contributed by atoms with van der Waals surface area (Å²) >= 11 is 0. The number of rotatable bonds is 6. The lowest BCUT2D eigenvalue weighted by molar-refractivity contribution is 0.0258. The van der Waals surface area contributed by atoms with Crippen molar-refractivity contribution in [2.75, 3.05) is 26.2 Å². The van der Waals surface area contributed by atoms with E-state index >= 15 is 0 Å². The SMILES string of the molecule is CC1(C2c3ccc(O)cc3CC3(CC3)N2C(=O)c2ccccc2)C=CC(OCCN2CCCC2)=CC1. The third-order valence-corrected chi connectivity index (χ3v) is 8.65. The van der Waals surface area contributed by atoms with Crippen molar-refractivity contribution in [3.05, 3.63) is 89.2 Å². The molecule has 188 valence electrons. The van der Waals surface area contributed by atoms with Gasteiger partial charge in [0.25, 0.3) is 5.91 Å². The van der Waals surface area contributed by atoms with E-state index in [1.807, 2.05) is 42.5 Å². The third kappa shape index (κ3) is 4.24. The second kappa shape index (κ2) is 9.11. The van der Waals surface area contributed by atoms with E-state index in [0.29, 0.717) is 12.4 Å². The van der Waals surface area contributed by atoms with E-state index in [4.69, 9.17) is 4.74 Å². The molecule has 2 unspecified atom stereocenters. The van der Waals surface area contributed by atoms with Gasteiger partial charge in [-0.05, 0) is 99.2 Å². The van der Waals surface area contributed by atoms with Gasteiger partial charge < -0.3 is 14.7 Å². The van der Waals surface area contributed by atoms with Gasteiger partial charge in [-0.25, -0.2) is 0 Å². The van der Waals surface area contributed by atoms with E-state index in [-0.39, 0.29) is 22.9 Å². The van der Waals surface area contributed by atoms with Crippen LogP contribution in [0.4, 0.5) is 0 Å². The largest absolute Gasteiger partial charge is 0.508 e. The Bertz CT molecular complexity index is 1190. The molecule has 0 radical (unpaired) electrons. The van der Waals surface area contributed by atoms with Gasteiger partial charge in [0, 0.05) is 23.1 Å². The molecule has 2 heterocycles. The summed E-state index contributed by atoms with van der Waals surface area (Å²) in [6.07, 6.45) is 12.7. The van der Waals surface area contributed by atoms with Crippen LogP contribution < -0.4 is 0 Å². The fourth-order valence-electron chi connectivity index (χ4n) is 6.47. The van der Waals surface area contributed by atoms with Gasteiger partial charge >= 0.3 is 0 Å². The summed E-state index contributed by atoms with van der Waals surface area (Å²) in [6, 6.07) is 15.3. The zero-order valence-corrected chi connectivity index (χ0v) is 21.2. The van der Waals surface area contributed by atoms with Gasteiger partial charge in [-0.3, -0.25) is 9.69 Å². The number of aromatic hydroxyl groups is 1. The molecule has 1 spiro atoms. The Hall–Kier alpha value is -3.05. The summed E-state index contributed by atoms with van der Waals surface area (Å²) in [4.78, 5) is 18.7. The topological polar surface area (TPSA) is 53.0 Å². The number of allylic oxidation sites excluding steroid dienone is 2. The van der Waals surface area contributed by atoms with Crippen molar-refractivity contribution in [1.29, 1.82) is 0 Å². The smallest absolute Gasteiger partial charge is 0.254 e. The minimum Gasteiger partial charge on any atom is -0.508 e. The predicted molar refractivity (Wildman–Crippen MR) is 141 cm³/mol. The van der Waals surface area contributed by atoms with Crippen molar-refractivity contribution in [3.63, 3.8) is 0 Å². The fourth-order valence-corrected chi connectivity index (χ4v) is 6.47. The first kappa shape index (κ1) is 23.4. The molecular formula is C31H36N2O3. The molecule has 2 atom stereocenters. The summed E-state index contributed by atoms with van der Waals surface area (Å²) in [5.41, 5.74) is 2.59. The summed E-state index contributed by atoms with van der Waals surface area (Å²) in [5, 5.41) is 10.3. The van der Waals surface area contributed by atoms with Crippen LogP contribution in [0.25, 0.3) is 0 Å². The van der Waals surface area contributed by atoms with Crippen LogP contribution in [0, 0.1) is 5.41 Å². The second-order valence-corrected chi connectivity index (χ2v) is 11.3. The van der Waals surface area contributed by atoms with Crippen LogP contribution in [0.3, 0.4) is 0 Å². The number of ether oxygens (including phenoxy) is 1. The molecule has 4 aliphatic rings. The number of benzene rings is 2. The first-order valence-electron chi connectivity index (χ1n) is 13.4. The summed E-state index contributed by atoms with van der Waals surface area (Å²) in [5.74, 6) is 1.32. The van der Waals surface area contributed by atoms with E-state index in [1.54, 1.807) is 6.07 Å². The second-order valence-electron chi connectivity index (χ2n) is 11.3. The normalized spacial score (nSPS) is 26.5. The van der Waals surface area contributed by atoms with Crippen molar-refractivity contribution in [2.24, 2.45) is 5.41 Å². The van der Waals surface area contributed by atoms with Crippen LogP contribution in [-0.2, 0) is 11.2 Å². The number of hydrogen-bond donors (Lipinski definition) is 1. The van der Waals surface area contributed by atoms with Crippen molar-refractivity contribution in [1.82, 2.24) is 9.80 Å². The molecule has 0 aromatic heterocycles. The maximum atomic E-state index is 14.1. The highest BCUT2D eigenvalue weighted by molar-refractivity contribution is 5.95. The molecule has 2 aliphatic carbocycles. The maximum Gasteiger partial charge on any atom is 0.254 e. The number of amides is 1. The number of hydrogen-bond acceptors (Lipinski definition) is 4. The highest BCUT2D eigenvalue weighted by Gasteiger charge is 2.59. The monoisotopic (exact) mass is 484 g/mol. The minimum atomic E-state index is -0.284. The van der Waals surface area contributed by atoms with Gasteiger partial charge in [0.1, 0.15) is 18.1 Å². The van der Waals surface area contributed by atoms with Gasteiger partial charge in [-0.1, -0.05) is 37.3 Å². The molecule has 0 bridgehead atoms. The van der Waals surface area contributed by atoms with E-state index < -0.39 is 0 Å². The van der Waals surface area contributed by atoms with Gasteiger partial charge in [0.2, 0.25) is 0 Å². The molecule has 1 amide bonds. The first-order chi connectivity index (χ1) is 17.5. The first-order valence-corrected chi connectivity index (χ1v) is 13.4. The van der Waals surface area contributed by atoms with Crippen molar-refractivity contribution >= 4 is 5.91 Å². The van der Waals surface area contributed by atoms with E-state index in [2.05, 4.69) is 35.0 Å². The number of carbonyl (C=O) groups excluding carboxylic acids is 1. The molecule has 5 heteroatoms. The highest BCUT2D eigenvalue weighted by atomic mass is 16.5. The zero-order valence-electron chi connectivity index (χ0n) is 21.2. The van der Waals surface area contributed by atoms with E-state index in [1.165, 1.54) is 31.5 Å². The molecule has 6 rings (SSSR count). The molecule has 1 N–H and O–H groups in total. The van der Waals surface area contributed by atoms with Crippen LogP contribution >= 0.6 is 0 Å². The summed E-state index contributed by atoms with van der Waals surface area (Å²) < 4.78 is 6.13. The summed E-state index contributed by atoms with van der Waals surface area (Å²) in [6.45, 7) is 6.30. The molecular weight excluding hydrogens is 448 g/mol. The van der Waals surface area contributed by atoms with E-state index in [0.717, 1.165) is 49.1 Å². The van der Waals surface area contributed by atoms with Gasteiger partial charge in [0.15, 0.2) is 0 Å². The quantitative estimate of drug-likeness (QED) is 0.578. The van der Waals surface area contributed by atoms with Crippen LogP contribution in [0.5, 0.6) is 5.75 Å². The molecule has 2 aromatic rings. The molecule has 2 aliphatic heterocycles. The van der Waals surface area contributed by atoms with Crippen LogP contribution in [0.1, 0.15) is 66.6 Å². The Balaban J connectivity index is 1.30. The van der Waals surface area contributed by atoms with Crippen molar-refractivity contribution < 1.29 is 14.6 Å². The van der Waals surface area contributed by atoms with E-state index in [9.17, 15) is 9.90 Å². The highest BCUT2D eigenvalue weighted by Crippen LogP contribution is 2.59. The standard InChI is InChI=1S/C31H36N2O3/c1-30(13-11-26(12-14-30)36-20-19-32-17-5-6-18-32)28-27-10-9-25(34)21-24(27)22-31(15-16-31)33(28)29(35)23-7-3-2-4-8-23/h2-4,7-13,21,28,34H,5-6,14-20,22H2,1H3. The minimum absolute atomic E-state index is 0.100. The average molecular weight is 485 g/mol. The Kier molecular flexibility index (Phi) is 5.91. The molecule has 1 saturated heterocycles. The number of likely N-dealkylation sites (tertiary alicyclic amines) is 1. The van der Waals surface area contributed by atoms with Gasteiger partial charge in [0.05, 0.1) is 6.04 Å². The van der Waals surface area contributed by atoms with Crippen molar-refractivity contribution in [2.45, 2.75) is 57.0 Å². The fraction of sp³-hybridized carbons (Fsp3) is 0.452. The van der Waals surface area contributed by atoms with Gasteiger partial charge in [-0.15, -0.1) is 0 Å². The number of carbonyl (C=O) groups is 1. The number of phenolic OH excluding ortho intramolecular Hbond substituents is 1. The lowest BCUT2D eigenvalue weighted by Crippen LogP contribution is -2.53. The maximum absolute atomic E-state index is 14.1. The Labute approximate surface area is 214 Å². The van der Waals surface area contributed by atoms with Crippen LogP contribution in [0.15, 0.2) is 72.5 Å². The lowest BCUT2D eigenvalue weighted by atomic mass is 9.69. The molecule has 1 saturated carbocycles.